The van der Waals surface area contributed by atoms with Crippen LogP contribution in [0.5, 0.6) is 0 Å². The zero-order chi connectivity index (χ0) is 21.3. The zero-order valence-electron chi connectivity index (χ0n) is 16.5. The van der Waals surface area contributed by atoms with Gasteiger partial charge in [-0.25, -0.2) is 15.0 Å². The molecule has 9 heteroatoms. The van der Waals surface area contributed by atoms with Gasteiger partial charge in [-0.1, -0.05) is 11.6 Å². The van der Waals surface area contributed by atoms with Gasteiger partial charge in [0.1, 0.15) is 5.82 Å². The Labute approximate surface area is 187 Å². The average Bonchev–Trinajstić information content (AvgIpc) is 3.33. The van der Waals surface area contributed by atoms with Gasteiger partial charge in [-0.15, -0.1) is 22.7 Å². The van der Waals surface area contributed by atoms with E-state index in [1.807, 2.05) is 19.2 Å². The molecule has 0 aliphatic carbocycles. The van der Waals surface area contributed by atoms with Gasteiger partial charge in [0.15, 0.2) is 5.13 Å². The number of aromatic nitrogens is 3. The van der Waals surface area contributed by atoms with Crippen LogP contribution in [0.3, 0.4) is 0 Å². The standard InChI is InChI=1S/C21H18ClN5OS2/c1-12-19(30-13(2)24-12)17-11-29-21(25-17)26-18-9-4-14(10-23-18)20(28)27(3)16-7-5-15(22)6-8-16/h4-11H,1-3H3,(H,23,25,26). The highest BCUT2D eigenvalue weighted by molar-refractivity contribution is 7.16. The van der Waals surface area contributed by atoms with Crippen LogP contribution in [-0.2, 0) is 0 Å². The average molecular weight is 456 g/mol. The number of aryl methyl sites for hydroxylation is 2. The summed E-state index contributed by atoms with van der Waals surface area (Å²) in [7, 11) is 1.72. The number of anilines is 3. The van der Waals surface area contributed by atoms with Crippen molar-refractivity contribution in [3.05, 3.63) is 69.3 Å². The molecule has 1 amide bonds. The van der Waals surface area contributed by atoms with Crippen molar-refractivity contribution in [2.75, 3.05) is 17.3 Å². The van der Waals surface area contributed by atoms with Gasteiger partial charge in [-0.2, -0.15) is 0 Å². The molecule has 4 aromatic rings. The number of carbonyl (C=O) groups excluding carboxylic acids is 1. The van der Waals surface area contributed by atoms with Gasteiger partial charge in [0.25, 0.3) is 5.91 Å². The fraction of sp³-hybridized carbons (Fsp3) is 0.143. The van der Waals surface area contributed by atoms with Crippen LogP contribution in [0.15, 0.2) is 48.0 Å². The first-order chi connectivity index (χ1) is 14.4. The molecule has 6 nitrogen and oxygen atoms in total. The molecular formula is C21H18ClN5OS2. The van der Waals surface area contributed by atoms with E-state index in [-0.39, 0.29) is 5.91 Å². The van der Waals surface area contributed by atoms with E-state index in [2.05, 4.69) is 20.3 Å². The summed E-state index contributed by atoms with van der Waals surface area (Å²) >= 11 is 9.05. The van der Waals surface area contributed by atoms with Gasteiger partial charge >= 0.3 is 0 Å². The molecule has 0 fully saturated rings. The molecule has 0 aliphatic rings. The van der Waals surface area contributed by atoms with Crippen LogP contribution in [-0.4, -0.2) is 27.9 Å². The number of rotatable bonds is 5. The second kappa shape index (κ2) is 8.51. The van der Waals surface area contributed by atoms with Crippen LogP contribution in [0.2, 0.25) is 5.02 Å². The predicted molar refractivity (Wildman–Crippen MR) is 124 cm³/mol. The first-order valence-electron chi connectivity index (χ1n) is 9.07. The molecule has 1 N–H and O–H groups in total. The topological polar surface area (TPSA) is 71.0 Å². The molecule has 30 heavy (non-hydrogen) atoms. The maximum atomic E-state index is 12.7. The maximum Gasteiger partial charge on any atom is 0.259 e. The van der Waals surface area contributed by atoms with Crippen molar-refractivity contribution in [1.29, 1.82) is 0 Å². The van der Waals surface area contributed by atoms with E-state index in [4.69, 9.17) is 11.6 Å². The number of nitrogens with zero attached hydrogens (tertiary/aromatic N) is 4. The van der Waals surface area contributed by atoms with Gasteiger partial charge in [-0.3, -0.25) is 4.79 Å². The number of halogens is 1. The summed E-state index contributed by atoms with van der Waals surface area (Å²) in [5.41, 5.74) is 3.14. The van der Waals surface area contributed by atoms with Crippen LogP contribution < -0.4 is 10.2 Å². The summed E-state index contributed by atoms with van der Waals surface area (Å²) < 4.78 is 0. The number of carbonyl (C=O) groups is 1. The lowest BCUT2D eigenvalue weighted by Gasteiger charge is -2.17. The third-order valence-electron chi connectivity index (χ3n) is 4.40. The number of benzene rings is 1. The molecular weight excluding hydrogens is 438 g/mol. The largest absolute Gasteiger partial charge is 0.316 e. The molecule has 0 spiro atoms. The molecule has 0 saturated heterocycles. The first-order valence-corrected chi connectivity index (χ1v) is 11.1. The maximum absolute atomic E-state index is 12.7. The minimum Gasteiger partial charge on any atom is -0.316 e. The molecule has 152 valence electrons. The van der Waals surface area contributed by atoms with Crippen LogP contribution in [0.1, 0.15) is 21.1 Å². The van der Waals surface area contributed by atoms with E-state index in [0.29, 0.717) is 16.4 Å². The van der Waals surface area contributed by atoms with E-state index in [1.54, 1.807) is 65.9 Å². The van der Waals surface area contributed by atoms with Crippen LogP contribution in [0.25, 0.3) is 10.6 Å². The van der Waals surface area contributed by atoms with Crippen molar-refractivity contribution in [3.63, 3.8) is 0 Å². The lowest BCUT2D eigenvalue weighted by atomic mass is 10.2. The lowest BCUT2D eigenvalue weighted by Crippen LogP contribution is -2.26. The van der Waals surface area contributed by atoms with E-state index < -0.39 is 0 Å². The van der Waals surface area contributed by atoms with Crippen molar-refractivity contribution in [3.8, 4) is 10.6 Å². The molecule has 0 bridgehead atoms. The smallest absolute Gasteiger partial charge is 0.259 e. The van der Waals surface area contributed by atoms with Crippen molar-refractivity contribution in [1.82, 2.24) is 15.0 Å². The van der Waals surface area contributed by atoms with Gasteiger partial charge < -0.3 is 10.2 Å². The third kappa shape index (κ3) is 4.35. The van der Waals surface area contributed by atoms with E-state index >= 15 is 0 Å². The normalized spacial score (nSPS) is 10.8. The van der Waals surface area contributed by atoms with Crippen molar-refractivity contribution in [2.45, 2.75) is 13.8 Å². The highest BCUT2D eigenvalue weighted by Gasteiger charge is 2.15. The Bertz CT molecular complexity index is 1190. The fourth-order valence-electron chi connectivity index (χ4n) is 2.88. The number of hydrogen-bond acceptors (Lipinski definition) is 7. The van der Waals surface area contributed by atoms with Crippen molar-refractivity contribution < 1.29 is 4.79 Å². The summed E-state index contributed by atoms with van der Waals surface area (Å²) in [4.78, 5) is 28.8. The minimum atomic E-state index is -0.149. The summed E-state index contributed by atoms with van der Waals surface area (Å²) in [6, 6.07) is 10.6. The van der Waals surface area contributed by atoms with E-state index in [9.17, 15) is 4.79 Å². The molecule has 0 saturated carbocycles. The van der Waals surface area contributed by atoms with Crippen LogP contribution >= 0.6 is 34.3 Å². The molecule has 0 aliphatic heterocycles. The Kier molecular flexibility index (Phi) is 5.80. The van der Waals surface area contributed by atoms with Gasteiger partial charge in [0, 0.05) is 29.3 Å². The number of thiazole rings is 2. The van der Waals surface area contributed by atoms with Crippen molar-refractivity contribution in [2.24, 2.45) is 0 Å². The molecule has 0 unspecified atom stereocenters. The Morgan fingerprint density at radius 2 is 1.87 bits per heavy atom. The van der Waals surface area contributed by atoms with Gasteiger partial charge in [0.2, 0.25) is 0 Å². The zero-order valence-corrected chi connectivity index (χ0v) is 18.9. The molecule has 0 atom stereocenters. The number of pyridine rings is 1. The van der Waals surface area contributed by atoms with Crippen LogP contribution in [0.4, 0.5) is 16.6 Å². The second-order valence-electron chi connectivity index (χ2n) is 6.58. The quantitative estimate of drug-likeness (QED) is 0.402. The highest BCUT2D eigenvalue weighted by Crippen LogP contribution is 2.32. The van der Waals surface area contributed by atoms with Gasteiger partial charge in [-0.05, 0) is 50.2 Å². The Morgan fingerprint density at radius 1 is 1.10 bits per heavy atom. The Balaban J connectivity index is 1.45. The molecule has 0 radical (unpaired) electrons. The monoisotopic (exact) mass is 455 g/mol. The molecule has 3 aromatic heterocycles. The SMILES string of the molecule is Cc1nc(C)c(-c2csc(Nc3ccc(C(=O)N(C)c4ccc(Cl)cc4)cn3)n2)s1. The molecule has 1 aromatic carbocycles. The van der Waals surface area contributed by atoms with E-state index in [1.165, 1.54) is 11.3 Å². The van der Waals surface area contributed by atoms with E-state index in [0.717, 1.165) is 32.1 Å². The Morgan fingerprint density at radius 3 is 2.50 bits per heavy atom. The summed E-state index contributed by atoms with van der Waals surface area (Å²) in [6.45, 7) is 3.98. The summed E-state index contributed by atoms with van der Waals surface area (Å²) in [5, 5.41) is 7.58. The summed E-state index contributed by atoms with van der Waals surface area (Å²) in [5.74, 6) is 0.475. The third-order valence-corrected chi connectivity index (χ3v) is 6.51. The highest BCUT2D eigenvalue weighted by atomic mass is 35.5. The summed E-state index contributed by atoms with van der Waals surface area (Å²) in [6.07, 6.45) is 1.56. The first kappa shape index (κ1) is 20.5. The number of amides is 1. The molecule has 3 heterocycles. The Hall–Kier alpha value is -2.81. The van der Waals surface area contributed by atoms with Gasteiger partial charge in [0.05, 0.1) is 26.8 Å². The fourth-order valence-corrected chi connectivity index (χ4v) is 4.67. The van der Waals surface area contributed by atoms with Crippen LogP contribution in [0, 0.1) is 13.8 Å². The lowest BCUT2D eigenvalue weighted by molar-refractivity contribution is 0.0992. The number of nitrogens with one attached hydrogen (secondary N) is 1. The predicted octanol–water partition coefficient (Wildman–Crippen LogP) is 5.95. The second-order valence-corrected chi connectivity index (χ2v) is 9.08. The van der Waals surface area contributed by atoms with Crippen molar-refractivity contribution >= 4 is 56.8 Å². The molecule has 4 rings (SSSR count). The minimum absolute atomic E-state index is 0.149. The number of hydrogen-bond donors (Lipinski definition) is 1.